The van der Waals surface area contributed by atoms with Crippen molar-refractivity contribution in [1.82, 2.24) is 10.2 Å². The number of hydrogen-bond acceptors (Lipinski definition) is 3. The van der Waals surface area contributed by atoms with Gasteiger partial charge in [-0.25, -0.2) is 0 Å². The van der Waals surface area contributed by atoms with Crippen LogP contribution in [0.25, 0.3) is 0 Å². The summed E-state index contributed by atoms with van der Waals surface area (Å²) < 4.78 is 0. The average molecular weight is 298 g/mol. The van der Waals surface area contributed by atoms with E-state index in [1.54, 1.807) is 0 Å². The van der Waals surface area contributed by atoms with Gasteiger partial charge < -0.3 is 4.90 Å². The molecule has 1 heterocycles. The summed E-state index contributed by atoms with van der Waals surface area (Å²) in [7, 11) is 0. The highest BCUT2D eigenvalue weighted by Crippen LogP contribution is 2.33. The Bertz CT molecular complexity index is 334. The molecule has 1 saturated carbocycles. The van der Waals surface area contributed by atoms with Crippen LogP contribution in [0.2, 0.25) is 0 Å². The molecule has 3 nitrogen and oxygen atoms in total. The molecule has 0 aromatic rings. The Morgan fingerprint density at radius 1 is 1.40 bits per heavy atom. The first kappa shape index (κ1) is 16.2. The van der Waals surface area contributed by atoms with E-state index in [2.05, 4.69) is 37.2 Å². The first-order valence-electron chi connectivity index (χ1n) is 8.17. The number of hydrogen-bond donors (Lipinski definition) is 1. The molecule has 0 spiro atoms. The van der Waals surface area contributed by atoms with E-state index in [-0.39, 0.29) is 12.2 Å². The summed E-state index contributed by atoms with van der Waals surface area (Å²) in [5.41, 5.74) is 0. The second-order valence-corrected chi connectivity index (χ2v) is 7.83. The molecular weight excluding hydrogens is 268 g/mol. The molecule has 0 aromatic heterocycles. The molecule has 1 aliphatic heterocycles. The monoisotopic (exact) mass is 298 g/mol. The summed E-state index contributed by atoms with van der Waals surface area (Å²) in [6, 6.07) is 0.512. The normalized spacial score (nSPS) is 35.0. The van der Waals surface area contributed by atoms with Crippen LogP contribution >= 0.6 is 11.8 Å². The summed E-state index contributed by atoms with van der Waals surface area (Å²) in [6.45, 7) is 6.58. The standard InChI is InChI=1S/C16H30N2OS/c1-5-15-17-14(9-11(2)3)16(19)18(15)12-7-6-8-13(10-12)20-4/h11-15,17H,5-10H2,1-4H3. The predicted octanol–water partition coefficient (Wildman–Crippen LogP) is 3.24. The molecule has 0 bridgehead atoms. The lowest BCUT2D eigenvalue weighted by atomic mass is 9.93. The zero-order chi connectivity index (χ0) is 14.7. The van der Waals surface area contributed by atoms with Gasteiger partial charge in [-0.1, -0.05) is 27.2 Å². The summed E-state index contributed by atoms with van der Waals surface area (Å²) in [6.07, 6.45) is 9.40. The fourth-order valence-electron chi connectivity index (χ4n) is 3.69. The largest absolute Gasteiger partial charge is 0.323 e. The quantitative estimate of drug-likeness (QED) is 0.845. The number of rotatable bonds is 5. The summed E-state index contributed by atoms with van der Waals surface area (Å²) >= 11 is 1.97. The Balaban J connectivity index is 2.06. The lowest BCUT2D eigenvalue weighted by Crippen LogP contribution is -2.46. The van der Waals surface area contributed by atoms with Crippen LogP contribution in [0.15, 0.2) is 0 Å². The van der Waals surface area contributed by atoms with Gasteiger partial charge in [0.2, 0.25) is 5.91 Å². The molecule has 1 N–H and O–H groups in total. The average Bonchev–Trinajstić information content (AvgIpc) is 2.74. The van der Waals surface area contributed by atoms with Gasteiger partial charge in [-0.3, -0.25) is 10.1 Å². The SMILES string of the molecule is CCC1NC(CC(C)C)C(=O)N1C1CCCC(SC)C1. The molecule has 0 aromatic carbocycles. The summed E-state index contributed by atoms with van der Waals surface area (Å²) in [5, 5.41) is 4.31. The van der Waals surface area contributed by atoms with Crippen molar-refractivity contribution >= 4 is 17.7 Å². The highest BCUT2D eigenvalue weighted by Gasteiger charge is 2.42. The number of carbonyl (C=O) groups excluding carboxylic acids is 1. The first-order valence-corrected chi connectivity index (χ1v) is 9.46. The van der Waals surface area contributed by atoms with Crippen LogP contribution in [-0.2, 0) is 4.79 Å². The molecule has 2 fully saturated rings. The van der Waals surface area contributed by atoms with Gasteiger partial charge in [-0.15, -0.1) is 0 Å². The third-order valence-electron chi connectivity index (χ3n) is 4.70. The fourth-order valence-corrected chi connectivity index (χ4v) is 4.51. The van der Waals surface area contributed by atoms with E-state index in [4.69, 9.17) is 0 Å². The molecule has 2 aliphatic rings. The molecule has 1 saturated heterocycles. The lowest BCUT2D eigenvalue weighted by Gasteiger charge is -2.37. The van der Waals surface area contributed by atoms with Crippen LogP contribution in [-0.4, -0.2) is 40.6 Å². The Hall–Kier alpha value is -0.220. The molecule has 116 valence electrons. The van der Waals surface area contributed by atoms with Crippen molar-refractivity contribution in [2.24, 2.45) is 5.92 Å². The Kier molecular flexibility index (Phi) is 5.79. The van der Waals surface area contributed by atoms with Gasteiger partial charge >= 0.3 is 0 Å². The Labute approximate surface area is 128 Å². The van der Waals surface area contributed by atoms with Crippen molar-refractivity contribution in [1.29, 1.82) is 0 Å². The molecule has 4 unspecified atom stereocenters. The third-order valence-corrected chi connectivity index (χ3v) is 5.80. The zero-order valence-corrected chi connectivity index (χ0v) is 14.2. The van der Waals surface area contributed by atoms with Crippen LogP contribution in [0.5, 0.6) is 0 Å². The molecule has 4 heteroatoms. The maximum absolute atomic E-state index is 12.8. The number of nitrogens with one attached hydrogen (secondary N) is 1. The van der Waals surface area contributed by atoms with E-state index in [1.165, 1.54) is 25.7 Å². The van der Waals surface area contributed by atoms with E-state index < -0.39 is 0 Å². The van der Waals surface area contributed by atoms with Gasteiger partial charge in [0.05, 0.1) is 12.2 Å². The highest BCUT2D eigenvalue weighted by atomic mass is 32.2. The van der Waals surface area contributed by atoms with Gasteiger partial charge in [-0.05, 0) is 44.3 Å². The summed E-state index contributed by atoms with van der Waals surface area (Å²) in [4.78, 5) is 15.0. The van der Waals surface area contributed by atoms with Crippen molar-refractivity contribution in [2.75, 3.05) is 6.26 Å². The Morgan fingerprint density at radius 2 is 2.15 bits per heavy atom. The van der Waals surface area contributed by atoms with E-state index in [1.807, 2.05) is 11.8 Å². The minimum absolute atomic E-state index is 0.0506. The first-order chi connectivity index (χ1) is 9.56. The lowest BCUT2D eigenvalue weighted by molar-refractivity contribution is -0.133. The van der Waals surface area contributed by atoms with Crippen LogP contribution in [0.4, 0.5) is 0 Å². The van der Waals surface area contributed by atoms with E-state index in [0.29, 0.717) is 17.9 Å². The topological polar surface area (TPSA) is 32.3 Å². The smallest absolute Gasteiger partial charge is 0.241 e. The predicted molar refractivity (Wildman–Crippen MR) is 86.9 cm³/mol. The van der Waals surface area contributed by atoms with Gasteiger partial charge in [0, 0.05) is 11.3 Å². The van der Waals surface area contributed by atoms with Crippen LogP contribution in [0.3, 0.4) is 0 Å². The fraction of sp³-hybridized carbons (Fsp3) is 0.938. The van der Waals surface area contributed by atoms with Crippen molar-refractivity contribution in [3.05, 3.63) is 0 Å². The van der Waals surface area contributed by atoms with Crippen LogP contribution in [0.1, 0.15) is 59.3 Å². The second-order valence-electron chi connectivity index (χ2n) is 6.70. The van der Waals surface area contributed by atoms with Crippen molar-refractivity contribution in [3.8, 4) is 0 Å². The molecule has 1 aliphatic carbocycles. The van der Waals surface area contributed by atoms with E-state index in [0.717, 1.165) is 18.1 Å². The maximum atomic E-state index is 12.8. The molecule has 2 rings (SSSR count). The molecule has 4 atom stereocenters. The number of amides is 1. The second kappa shape index (κ2) is 7.17. The van der Waals surface area contributed by atoms with Crippen LogP contribution < -0.4 is 5.32 Å². The highest BCUT2D eigenvalue weighted by molar-refractivity contribution is 7.99. The van der Waals surface area contributed by atoms with Gasteiger partial charge in [-0.2, -0.15) is 11.8 Å². The summed E-state index contributed by atoms with van der Waals surface area (Å²) in [5.74, 6) is 0.927. The van der Waals surface area contributed by atoms with E-state index >= 15 is 0 Å². The number of nitrogens with zero attached hydrogens (tertiary/aromatic N) is 1. The maximum Gasteiger partial charge on any atom is 0.241 e. The van der Waals surface area contributed by atoms with Crippen molar-refractivity contribution in [3.63, 3.8) is 0 Å². The van der Waals surface area contributed by atoms with E-state index in [9.17, 15) is 4.79 Å². The number of thioether (sulfide) groups is 1. The minimum atomic E-state index is 0.0506. The van der Waals surface area contributed by atoms with Gasteiger partial charge in [0.15, 0.2) is 0 Å². The number of carbonyl (C=O) groups is 1. The molecular formula is C16H30N2OS. The van der Waals surface area contributed by atoms with Crippen molar-refractivity contribution in [2.45, 2.75) is 82.8 Å². The van der Waals surface area contributed by atoms with Gasteiger partial charge in [0.25, 0.3) is 0 Å². The Morgan fingerprint density at radius 3 is 2.75 bits per heavy atom. The minimum Gasteiger partial charge on any atom is -0.323 e. The van der Waals surface area contributed by atoms with Crippen LogP contribution in [0, 0.1) is 5.92 Å². The third kappa shape index (κ3) is 3.51. The molecule has 1 amide bonds. The molecule has 0 radical (unpaired) electrons. The van der Waals surface area contributed by atoms with Gasteiger partial charge in [0.1, 0.15) is 0 Å². The van der Waals surface area contributed by atoms with Crippen molar-refractivity contribution < 1.29 is 4.79 Å². The zero-order valence-electron chi connectivity index (χ0n) is 13.4. The molecule has 20 heavy (non-hydrogen) atoms.